The molecular formula is C14H14O4. The molecule has 0 spiro atoms. The third kappa shape index (κ3) is 3.95. The van der Waals surface area contributed by atoms with Gasteiger partial charge in [-0.3, -0.25) is 9.59 Å². The molecule has 18 heavy (non-hydrogen) atoms. The number of methoxy groups -OCH3 is 1. The number of ether oxygens (including phenoxy) is 2. The first-order chi connectivity index (χ1) is 8.71. The minimum atomic E-state index is -0.346. The van der Waals surface area contributed by atoms with Crippen molar-refractivity contribution in [3.8, 4) is 17.6 Å². The highest BCUT2D eigenvalue weighted by Gasteiger charge is 2.02. The van der Waals surface area contributed by atoms with Gasteiger partial charge in [0.15, 0.2) is 6.29 Å². The number of aldehydes is 1. The van der Waals surface area contributed by atoms with Crippen LogP contribution >= 0.6 is 0 Å². The first-order valence-electron chi connectivity index (χ1n) is 5.49. The molecule has 0 atom stereocenters. The van der Waals surface area contributed by atoms with Crippen LogP contribution in [0.15, 0.2) is 18.2 Å². The van der Waals surface area contributed by atoms with E-state index in [4.69, 9.17) is 9.47 Å². The van der Waals surface area contributed by atoms with Crippen molar-refractivity contribution in [3.63, 3.8) is 0 Å². The van der Waals surface area contributed by atoms with E-state index in [1.807, 2.05) is 0 Å². The minimum absolute atomic E-state index is 0.0472. The Hall–Kier alpha value is -2.28. The van der Waals surface area contributed by atoms with Gasteiger partial charge in [-0.2, -0.15) is 0 Å². The van der Waals surface area contributed by atoms with Crippen LogP contribution in [0, 0.1) is 11.8 Å². The number of carbonyl (C=O) groups is 2. The molecule has 0 amide bonds. The first kappa shape index (κ1) is 13.8. The fraction of sp³-hybridized carbons (Fsp3) is 0.286. The summed E-state index contributed by atoms with van der Waals surface area (Å²) in [6, 6.07) is 4.98. The van der Waals surface area contributed by atoms with Crippen molar-refractivity contribution < 1.29 is 19.1 Å². The van der Waals surface area contributed by atoms with Gasteiger partial charge in [0.2, 0.25) is 0 Å². The molecule has 0 aliphatic heterocycles. The van der Waals surface area contributed by atoms with E-state index in [1.165, 1.54) is 7.11 Å². The van der Waals surface area contributed by atoms with Crippen molar-refractivity contribution in [2.24, 2.45) is 0 Å². The maximum absolute atomic E-state index is 11.1. The summed E-state index contributed by atoms with van der Waals surface area (Å²) < 4.78 is 9.80. The predicted molar refractivity (Wildman–Crippen MR) is 66.5 cm³/mol. The zero-order valence-electron chi connectivity index (χ0n) is 10.4. The van der Waals surface area contributed by atoms with E-state index in [0.29, 0.717) is 29.8 Å². The summed E-state index contributed by atoms with van der Waals surface area (Å²) in [7, 11) is 1.48. The fourth-order valence-corrected chi connectivity index (χ4v) is 1.32. The average molecular weight is 246 g/mol. The van der Waals surface area contributed by atoms with Crippen LogP contribution in [0.5, 0.6) is 5.75 Å². The Bertz CT molecular complexity index is 494. The van der Waals surface area contributed by atoms with E-state index < -0.39 is 0 Å². The molecule has 4 nitrogen and oxygen atoms in total. The van der Waals surface area contributed by atoms with Crippen LogP contribution in [0.4, 0.5) is 0 Å². The lowest BCUT2D eigenvalue weighted by Gasteiger charge is -2.02. The smallest absolute Gasteiger partial charge is 0.317 e. The second-order valence-corrected chi connectivity index (χ2v) is 3.36. The Kier molecular flexibility index (Phi) is 5.46. The third-order valence-corrected chi connectivity index (χ3v) is 2.13. The van der Waals surface area contributed by atoms with Gasteiger partial charge in [-0.25, -0.2) is 0 Å². The lowest BCUT2D eigenvalue weighted by Crippen LogP contribution is -2.01. The molecule has 0 fully saturated rings. The van der Waals surface area contributed by atoms with E-state index in [9.17, 15) is 9.59 Å². The molecule has 0 bridgehead atoms. The van der Waals surface area contributed by atoms with Gasteiger partial charge in [0, 0.05) is 5.56 Å². The summed E-state index contributed by atoms with van der Waals surface area (Å²) in [5.74, 6) is 5.64. The molecule has 0 aliphatic carbocycles. The highest BCUT2D eigenvalue weighted by Crippen LogP contribution is 2.17. The molecule has 1 rings (SSSR count). The Balaban J connectivity index is 2.77. The Labute approximate surface area is 106 Å². The SMILES string of the molecule is CCOC(=O)CC#Cc1ccc(C=O)c(OC)c1. The van der Waals surface area contributed by atoms with Gasteiger partial charge in [0.05, 0.1) is 19.3 Å². The first-order valence-corrected chi connectivity index (χ1v) is 5.49. The molecule has 0 aliphatic rings. The monoisotopic (exact) mass is 246 g/mol. The van der Waals surface area contributed by atoms with E-state index in [2.05, 4.69) is 11.8 Å². The van der Waals surface area contributed by atoms with Gasteiger partial charge in [0.25, 0.3) is 0 Å². The van der Waals surface area contributed by atoms with E-state index in [-0.39, 0.29) is 12.4 Å². The fourth-order valence-electron chi connectivity index (χ4n) is 1.32. The van der Waals surface area contributed by atoms with Crippen LogP contribution in [0.2, 0.25) is 0 Å². The molecule has 0 unspecified atom stereocenters. The average Bonchev–Trinajstić information content (AvgIpc) is 2.38. The largest absolute Gasteiger partial charge is 0.496 e. The topological polar surface area (TPSA) is 52.6 Å². The second-order valence-electron chi connectivity index (χ2n) is 3.36. The van der Waals surface area contributed by atoms with Crippen LogP contribution < -0.4 is 4.74 Å². The van der Waals surface area contributed by atoms with Gasteiger partial charge in [0.1, 0.15) is 12.2 Å². The quantitative estimate of drug-likeness (QED) is 0.462. The summed E-state index contributed by atoms with van der Waals surface area (Å²) in [6.07, 6.45) is 0.764. The zero-order chi connectivity index (χ0) is 13.4. The van der Waals surface area contributed by atoms with Crippen molar-refractivity contribution in [2.45, 2.75) is 13.3 Å². The minimum Gasteiger partial charge on any atom is -0.496 e. The van der Waals surface area contributed by atoms with Crippen molar-refractivity contribution in [2.75, 3.05) is 13.7 Å². The van der Waals surface area contributed by atoms with Crippen LogP contribution in [0.1, 0.15) is 29.3 Å². The predicted octanol–water partition coefficient (Wildman–Crippen LogP) is 1.81. The van der Waals surface area contributed by atoms with Crippen LogP contribution in [-0.2, 0) is 9.53 Å². The lowest BCUT2D eigenvalue weighted by atomic mass is 10.1. The molecule has 0 saturated carbocycles. The van der Waals surface area contributed by atoms with Crippen molar-refractivity contribution in [3.05, 3.63) is 29.3 Å². The van der Waals surface area contributed by atoms with Crippen molar-refractivity contribution in [1.29, 1.82) is 0 Å². The van der Waals surface area contributed by atoms with Crippen LogP contribution in [-0.4, -0.2) is 26.0 Å². The number of benzene rings is 1. The third-order valence-electron chi connectivity index (χ3n) is 2.13. The van der Waals surface area contributed by atoms with Gasteiger partial charge < -0.3 is 9.47 Å². The number of esters is 1. The van der Waals surface area contributed by atoms with Crippen LogP contribution in [0.3, 0.4) is 0 Å². The normalized spacial score (nSPS) is 9.00. The number of hydrogen-bond acceptors (Lipinski definition) is 4. The molecule has 1 aromatic rings. The highest BCUT2D eigenvalue weighted by molar-refractivity contribution is 5.79. The highest BCUT2D eigenvalue weighted by atomic mass is 16.5. The summed E-state index contributed by atoms with van der Waals surface area (Å²) >= 11 is 0. The van der Waals surface area contributed by atoms with Crippen LogP contribution in [0.25, 0.3) is 0 Å². The maximum Gasteiger partial charge on any atom is 0.317 e. The number of carbonyl (C=O) groups excluding carboxylic acids is 2. The summed E-state index contributed by atoms with van der Waals surface area (Å²) in [4.78, 5) is 21.8. The van der Waals surface area contributed by atoms with Gasteiger partial charge in [-0.05, 0) is 25.1 Å². The van der Waals surface area contributed by atoms with Gasteiger partial charge >= 0.3 is 5.97 Å². The van der Waals surface area contributed by atoms with Crippen molar-refractivity contribution >= 4 is 12.3 Å². The Morgan fingerprint density at radius 3 is 2.83 bits per heavy atom. The zero-order valence-corrected chi connectivity index (χ0v) is 10.4. The molecule has 94 valence electrons. The number of hydrogen-bond donors (Lipinski definition) is 0. The second kappa shape index (κ2) is 7.13. The maximum atomic E-state index is 11.1. The van der Waals surface area contributed by atoms with Gasteiger partial charge in [-0.1, -0.05) is 11.8 Å². The van der Waals surface area contributed by atoms with E-state index in [1.54, 1.807) is 25.1 Å². The Morgan fingerprint density at radius 2 is 2.22 bits per heavy atom. The Morgan fingerprint density at radius 1 is 1.44 bits per heavy atom. The lowest BCUT2D eigenvalue weighted by molar-refractivity contribution is -0.141. The van der Waals surface area contributed by atoms with E-state index in [0.717, 1.165) is 0 Å². The summed E-state index contributed by atoms with van der Waals surface area (Å²) in [5, 5.41) is 0. The molecule has 0 N–H and O–H groups in total. The molecule has 0 aromatic heterocycles. The molecular weight excluding hydrogens is 232 g/mol. The standard InChI is InChI=1S/C14H14O4/c1-3-18-14(16)6-4-5-11-7-8-12(10-15)13(9-11)17-2/h7-10H,3,6H2,1-2H3. The molecule has 0 radical (unpaired) electrons. The molecule has 0 saturated heterocycles. The van der Waals surface area contributed by atoms with Crippen molar-refractivity contribution in [1.82, 2.24) is 0 Å². The van der Waals surface area contributed by atoms with E-state index >= 15 is 0 Å². The molecule has 0 heterocycles. The molecule has 1 aromatic carbocycles. The summed E-state index contributed by atoms with van der Waals surface area (Å²) in [5.41, 5.74) is 1.15. The summed E-state index contributed by atoms with van der Waals surface area (Å²) in [6.45, 7) is 2.09. The molecule has 4 heteroatoms. The van der Waals surface area contributed by atoms with Gasteiger partial charge in [-0.15, -0.1) is 0 Å². The number of rotatable bonds is 4.